The van der Waals surface area contributed by atoms with Crippen LogP contribution in [0.3, 0.4) is 0 Å². The molecule has 1 fully saturated rings. The molecule has 1 amide bonds. The number of hydrogen-bond acceptors (Lipinski definition) is 3. The molecule has 1 aliphatic heterocycles. The largest absolute Gasteiger partial charge is 0.490 e. The van der Waals surface area contributed by atoms with Crippen LogP contribution in [0.1, 0.15) is 38.7 Å². The highest BCUT2D eigenvalue weighted by Crippen LogP contribution is 2.29. The molecule has 0 atom stereocenters. The third-order valence-electron chi connectivity index (χ3n) is 3.69. The highest BCUT2D eigenvalue weighted by Gasteiger charge is 2.17. The standard InChI is InChI=1S/C17H25NO3/c1-3-20-15-9-7-14(13-16(15)21-4-2)8-10-17(19)18-11-5-6-12-18/h7,9,13H,3-6,8,10-12H2,1-2H3. The maximum absolute atomic E-state index is 12.1. The second-order valence-electron chi connectivity index (χ2n) is 5.24. The lowest BCUT2D eigenvalue weighted by molar-refractivity contribution is -0.130. The normalized spacial score (nSPS) is 14.3. The molecule has 1 aromatic rings. The number of rotatable bonds is 7. The lowest BCUT2D eigenvalue weighted by Crippen LogP contribution is -2.27. The highest BCUT2D eigenvalue weighted by molar-refractivity contribution is 5.76. The fraction of sp³-hybridized carbons (Fsp3) is 0.588. The average Bonchev–Trinajstić information content (AvgIpc) is 3.02. The van der Waals surface area contributed by atoms with Gasteiger partial charge in [0.05, 0.1) is 13.2 Å². The first-order valence-electron chi connectivity index (χ1n) is 7.91. The SMILES string of the molecule is CCOc1ccc(CCC(=O)N2CCCC2)cc1OCC. The second kappa shape index (κ2) is 7.91. The van der Waals surface area contributed by atoms with Crippen molar-refractivity contribution in [3.8, 4) is 11.5 Å². The van der Waals surface area contributed by atoms with Crippen LogP contribution < -0.4 is 9.47 Å². The lowest BCUT2D eigenvalue weighted by atomic mass is 10.1. The Kier molecular flexibility index (Phi) is 5.90. The molecule has 21 heavy (non-hydrogen) atoms. The van der Waals surface area contributed by atoms with Gasteiger partial charge >= 0.3 is 0 Å². The fourth-order valence-corrected chi connectivity index (χ4v) is 2.63. The Balaban J connectivity index is 1.95. The van der Waals surface area contributed by atoms with E-state index < -0.39 is 0 Å². The van der Waals surface area contributed by atoms with Crippen molar-refractivity contribution in [3.05, 3.63) is 23.8 Å². The van der Waals surface area contributed by atoms with Gasteiger partial charge in [-0.15, -0.1) is 0 Å². The van der Waals surface area contributed by atoms with Crippen LogP contribution in [0.15, 0.2) is 18.2 Å². The molecule has 0 unspecified atom stereocenters. The molecule has 4 nitrogen and oxygen atoms in total. The summed E-state index contributed by atoms with van der Waals surface area (Å²) in [6, 6.07) is 5.95. The molecule has 0 N–H and O–H groups in total. The summed E-state index contributed by atoms with van der Waals surface area (Å²) in [5, 5.41) is 0. The summed E-state index contributed by atoms with van der Waals surface area (Å²) in [6.07, 6.45) is 3.61. The van der Waals surface area contributed by atoms with E-state index in [1.165, 1.54) is 0 Å². The number of likely N-dealkylation sites (tertiary alicyclic amines) is 1. The van der Waals surface area contributed by atoms with Crippen LogP contribution in [0, 0.1) is 0 Å². The summed E-state index contributed by atoms with van der Waals surface area (Å²) in [5.74, 6) is 1.80. The average molecular weight is 291 g/mol. The Hall–Kier alpha value is -1.71. The minimum Gasteiger partial charge on any atom is -0.490 e. The predicted molar refractivity (Wildman–Crippen MR) is 82.9 cm³/mol. The maximum Gasteiger partial charge on any atom is 0.222 e. The molecule has 1 aliphatic rings. The van der Waals surface area contributed by atoms with Gasteiger partial charge in [-0.25, -0.2) is 0 Å². The lowest BCUT2D eigenvalue weighted by Gasteiger charge is -2.16. The quantitative estimate of drug-likeness (QED) is 0.775. The van der Waals surface area contributed by atoms with Gasteiger partial charge in [-0.2, -0.15) is 0 Å². The first-order chi connectivity index (χ1) is 10.2. The van der Waals surface area contributed by atoms with Crippen LogP contribution in [0.4, 0.5) is 0 Å². The van der Waals surface area contributed by atoms with E-state index in [4.69, 9.17) is 9.47 Å². The first-order valence-corrected chi connectivity index (χ1v) is 7.91. The van der Waals surface area contributed by atoms with Gasteiger partial charge in [0.15, 0.2) is 11.5 Å². The molecule has 0 aliphatic carbocycles. The summed E-state index contributed by atoms with van der Waals surface area (Å²) in [5.41, 5.74) is 1.12. The van der Waals surface area contributed by atoms with Crippen molar-refractivity contribution in [1.29, 1.82) is 0 Å². The predicted octanol–water partition coefficient (Wildman–Crippen LogP) is 3.04. The van der Waals surface area contributed by atoms with Crippen molar-refractivity contribution < 1.29 is 14.3 Å². The molecule has 1 aromatic carbocycles. The molecule has 0 saturated carbocycles. The van der Waals surface area contributed by atoms with Crippen molar-refractivity contribution >= 4 is 5.91 Å². The summed E-state index contributed by atoms with van der Waals surface area (Å²) >= 11 is 0. The van der Waals surface area contributed by atoms with E-state index in [0.29, 0.717) is 19.6 Å². The van der Waals surface area contributed by atoms with Gasteiger partial charge < -0.3 is 14.4 Å². The minimum atomic E-state index is 0.263. The molecule has 0 spiro atoms. The van der Waals surface area contributed by atoms with Gasteiger partial charge in [0, 0.05) is 19.5 Å². The maximum atomic E-state index is 12.1. The van der Waals surface area contributed by atoms with E-state index in [1.807, 2.05) is 36.9 Å². The smallest absolute Gasteiger partial charge is 0.222 e. The van der Waals surface area contributed by atoms with Crippen LogP contribution in [-0.4, -0.2) is 37.1 Å². The van der Waals surface area contributed by atoms with Gasteiger partial charge in [0.1, 0.15) is 0 Å². The van der Waals surface area contributed by atoms with E-state index in [9.17, 15) is 4.79 Å². The van der Waals surface area contributed by atoms with E-state index >= 15 is 0 Å². The Morgan fingerprint density at radius 3 is 2.43 bits per heavy atom. The topological polar surface area (TPSA) is 38.8 Å². The minimum absolute atomic E-state index is 0.263. The zero-order chi connectivity index (χ0) is 15.1. The number of amides is 1. The molecular formula is C17H25NO3. The third-order valence-corrected chi connectivity index (χ3v) is 3.69. The van der Waals surface area contributed by atoms with Gasteiger partial charge in [-0.1, -0.05) is 6.07 Å². The Labute approximate surface area is 127 Å². The zero-order valence-corrected chi connectivity index (χ0v) is 13.1. The summed E-state index contributed by atoms with van der Waals surface area (Å²) in [6.45, 7) is 6.99. The molecule has 116 valence electrons. The number of ether oxygens (including phenoxy) is 2. The molecule has 4 heteroatoms. The second-order valence-corrected chi connectivity index (χ2v) is 5.24. The number of hydrogen-bond donors (Lipinski definition) is 0. The molecular weight excluding hydrogens is 266 g/mol. The molecule has 2 rings (SSSR count). The number of benzene rings is 1. The van der Waals surface area contributed by atoms with Gasteiger partial charge in [0.2, 0.25) is 5.91 Å². The van der Waals surface area contributed by atoms with Crippen LogP contribution in [0.2, 0.25) is 0 Å². The summed E-state index contributed by atoms with van der Waals surface area (Å²) < 4.78 is 11.2. The van der Waals surface area contributed by atoms with Crippen molar-refractivity contribution in [2.24, 2.45) is 0 Å². The fourth-order valence-electron chi connectivity index (χ4n) is 2.63. The van der Waals surface area contributed by atoms with E-state index in [0.717, 1.165) is 49.4 Å². The Bertz CT molecular complexity index is 467. The van der Waals surface area contributed by atoms with Gasteiger partial charge in [-0.3, -0.25) is 4.79 Å². The highest BCUT2D eigenvalue weighted by atomic mass is 16.5. The molecule has 0 bridgehead atoms. The zero-order valence-electron chi connectivity index (χ0n) is 13.1. The first kappa shape index (κ1) is 15.7. The molecule has 0 radical (unpaired) electrons. The number of carbonyl (C=O) groups excluding carboxylic acids is 1. The van der Waals surface area contributed by atoms with E-state index in [-0.39, 0.29) is 5.91 Å². The van der Waals surface area contributed by atoms with Gasteiger partial charge in [-0.05, 0) is 50.8 Å². The van der Waals surface area contributed by atoms with Crippen LogP contribution in [0.25, 0.3) is 0 Å². The number of carbonyl (C=O) groups is 1. The van der Waals surface area contributed by atoms with E-state index in [1.54, 1.807) is 0 Å². The van der Waals surface area contributed by atoms with Crippen LogP contribution in [-0.2, 0) is 11.2 Å². The van der Waals surface area contributed by atoms with E-state index in [2.05, 4.69) is 0 Å². The van der Waals surface area contributed by atoms with Crippen molar-refractivity contribution in [2.75, 3.05) is 26.3 Å². The number of nitrogens with zero attached hydrogens (tertiary/aromatic N) is 1. The monoisotopic (exact) mass is 291 g/mol. The molecule has 0 aromatic heterocycles. The van der Waals surface area contributed by atoms with Crippen molar-refractivity contribution in [1.82, 2.24) is 4.90 Å². The van der Waals surface area contributed by atoms with Gasteiger partial charge in [0.25, 0.3) is 0 Å². The third kappa shape index (κ3) is 4.38. The Morgan fingerprint density at radius 1 is 1.10 bits per heavy atom. The molecule has 1 saturated heterocycles. The Morgan fingerprint density at radius 2 is 1.76 bits per heavy atom. The number of aryl methyl sites for hydroxylation is 1. The van der Waals surface area contributed by atoms with Crippen LogP contribution >= 0.6 is 0 Å². The van der Waals surface area contributed by atoms with Crippen molar-refractivity contribution in [2.45, 2.75) is 39.5 Å². The van der Waals surface area contributed by atoms with Crippen molar-refractivity contribution in [3.63, 3.8) is 0 Å². The summed E-state index contributed by atoms with van der Waals surface area (Å²) in [4.78, 5) is 14.0. The van der Waals surface area contributed by atoms with Crippen LogP contribution in [0.5, 0.6) is 11.5 Å². The summed E-state index contributed by atoms with van der Waals surface area (Å²) in [7, 11) is 0. The molecule has 1 heterocycles.